The quantitative estimate of drug-likeness (QED) is 0.334. The number of anilines is 2. The molecule has 32 heavy (non-hydrogen) atoms. The number of urea groups is 1. The number of aromatic nitrogens is 2. The lowest BCUT2D eigenvalue weighted by Gasteiger charge is -2.20. The van der Waals surface area contributed by atoms with Crippen LogP contribution in [-0.4, -0.2) is 21.9 Å². The van der Waals surface area contributed by atoms with E-state index >= 15 is 0 Å². The molecule has 4 rings (SSSR count). The molecule has 4 N–H and O–H groups in total. The van der Waals surface area contributed by atoms with E-state index in [0.29, 0.717) is 16.9 Å². The molecule has 7 heteroatoms. The molecule has 0 aliphatic carbocycles. The number of para-hydroxylation sites is 3. The van der Waals surface area contributed by atoms with Crippen LogP contribution in [0.4, 0.5) is 16.2 Å². The van der Waals surface area contributed by atoms with Crippen molar-refractivity contribution in [3.63, 3.8) is 0 Å². The van der Waals surface area contributed by atoms with Crippen molar-refractivity contribution < 1.29 is 9.59 Å². The van der Waals surface area contributed by atoms with Gasteiger partial charge in [-0.25, -0.2) is 9.78 Å². The van der Waals surface area contributed by atoms with Gasteiger partial charge in [0.15, 0.2) is 0 Å². The SMILES string of the molecule is CC(C)C(NC(=O)c1ccc(NC(=O)Nc2ccccc2)cc1)c1nc2ccccc2[nH]1. The molecule has 0 saturated heterocycles. The van der Waals surface area contributed by atoms with Gasteiger partial charge in [0.2, 0.25) is 0 Å². The lowest BCUT2D eigenvalue weighted by molar-refractivity contribution is 0.0923. The first-order valence-electron chi connectivity index (χ1n) is 10.5. The molecule has 1 atom stereocenters. The molecule has 0 fully saturated rings. The Balaban J connectivity index is 1.41. The van der Waals surface area contributed by atoms with Crippen LogP contribution in [0.5, 0.6) is 0 Å². The van der Waals surface area contributed by atoms with Gasteiger partial charge in [-0.15, -0.1) is 0 Å². The highest BCUT2D eigenvalue weighted by Gasteiger charge is 2.22. The van der Waals surface area contributed by atoms with Crippen LogP contribution in [-0.2, 0) is 0 Å². The Morgan fingerprint density at radius 1 is 0.812 bits per heavy atom. The summed E-state index contributed by atoms with van der Waals surface area (Å²) >= 11 is 0. The maximum atomic E-state index is 12.9. The molecule has 1 heterocycles. The topological polar surface area (TPSA) is 98.9 Å². The molecule has 162 valence electrons. The minimum absolute atomic E-state index is 0.141. The average Bonchev–Trinajstić information content (AvgIpc) is 3.22. The summed E-state index contributed by atoms with van der Waals surface area (Å²) in [4.78, 5) is 33.0. The lowest BCUT2D eigenvalue weighted by atomic mass is 10.0. The zero-order valence-corrected chi connectivity index (χ0v) is 17.9. The molecule has 0 aliphatic rings. The number of H-pyrrole nitrogens is 1. The first-order chi connectivity index (χ1) is 15.5. The Morgan fingerprint density at radius 3 is 2.09 bits per heavy atom. The molecule has 1 unspecified atom stereocenters. The smallest absolute Gasteiger partial charge is 0.323 e. The van der Waals surface area contributed by atoms with Crippen LogP contribution in [0.1, 0.15) is 36.1 Å². The Hall–Kier alpha value is -4.13. The summed E-state index contributed by atoms with van der Waals surface area (Å²) < 4.78 is 0. The number of rotatable bonds is 6. The summed E-state index contributed by atoms with van der Waals surface area (Å²) in [6.07, 6.45) is 0. The van der Waals surface area contributed by atoms with Crippen molar-refractivity contribution in [2.45, 2.75) is 19.9 Å². The van der Waals surface area contributed by atoms with E-state index < -0.39 is 0 Å². The van der Waals surface area contributed by atoms with E-state index in [-0.39, 0.29) is 23.9 Å². The van der Waals surface area contributed by atoms with E-state index in [2.05, 4.69) is 25.9 Å². The number of imidazole rings is 1. The van der Waals surface area contributed by atoms with E-state index in [1.165, 1.54) is 0 Å². The van der Waals surface area contributed by atoms with Gasteiger partial charge in [0.25, 0.3) is 5.91 Å². The molecule has 4 aromatic rings. The molecule has 0 aliphatic heterocycles. The molecule has 0 saturated carbocycles. The van der Waals surface area contributed by atoms with Crippen LogP contribution in [0, 0.1) is 5.92 Å². The van der Waals surface area contributed by atoms with Gasteiger partial charge in [-0.1, -0.05) is 44.2 Å². The normalized spacial score (nSPS) is 11.8. The highest BCUT2D eigenvalue weighted by Crippen LogP contribution is 2.23. The Kier molecular flexibility index (Phi) is 6.17. The maximum absolute atomic E-state index is 12.9. The second kappa shape index (κ2) is 9.34. The van der Waals surface area contributed by atoms with Crippen LogP contribution < -0.4 is 16.0 Å². The van der Waals surface area contributed by atoms with Crippen LogP contribution in [0.15, 0.2) is 78.9 Å². The highest BCUT2D eigenvalue weighted by atomic mass is 16.2. The minimum Gasteiger partial charge on any atom is -0.342 e. The molecule has 7 nitrogen and oxygen atoms in total. The fourth-order valence-electron chi connectivity index (χ4n) is 3.42. The third-order valence-electron chi connectivity index (χ3n) is 5.09. The van der Waals surface area contributed by atoms with Crippen molar-refractivity contribution in [3.8, 4) is 0 Å². The van der Waals surface area contributed by atoms with Crippen molar-refractivity contribution >= 4 is 34.3 Å². The van der Waals surface area contributed by atoms with Gasteiger partial charge in [0.1, 0.15) is 5.82 Å². The van der Waals surface area contributed by atoms with E-state index in [4.69, 9.17) is 0 Å². The molecule has 0 radical (unpaired) electrons. The zero-order chi connectivity index (χ0) is 22.5. The third-order valence-corrected chi connectivity index (χ3v) is 5.09. The molecule has 0 bridgehead atoms. The van der Waals surface area contributed by atoms with Crippen LogP contribution in [0.25, 0.3) is 11.0 Å². The first kappa shape index (κ1) is 21.1. The largest absolute Gasteiger partial charge is 0.342 e. The summed E-state index contributed by atoms with van der Waals surface area (Å²) in [5.41, 5.74) is 3.60. The third kappa shape index (κ3) is 4.95. The Bertz CT molecular complexity index is 1180. The monoisotopic (exact) mass is 427 g/mol. The van der Waals surface area contributed by atoms with Crippen molar-refractivity contribution in [1.82, 2.24) is 15.3 Å². The lowest BCUT2D eigenvalue weighted by Crippen LogP contribution is -2.32. The number of hydrogen-bond donors (Lipinski definition) is 4. The maximum Gasteiger partial charge on any atom is 0.323 e. The van der Waals surface area contributed by atoms with E-state index in [1.807, 2.05) is 56.3 Å². The van der Waals surface area contributed by atoms with Gasteiger partial charge in [-0.05, 0) is 54.4 Å². The molecule has 3 amide bonds. The van der Waals surface area contributed by atoms with Gasteiger partial charge in [-0.3, -0.25) is 4.79 Å². The number of amides is 3. The van der Waals surface area contributed by atoms with Gasteiger partial charge < -0.3 is 20.9 Å². The van der Waals surface area contributed by atoms with Gasteiger partial charge >= 0.3 is 6.03 Å². The second-order valence-corrected chi connectivity index (χ2v) is 7.86. The van der Waals surface area contributed by atoms with Gasteiger partial charge in [-0.2, -0.15) is 0 Å². The predicted octanol–water partition coefficient (Wildman–Crippen LogP) is 5.33. The Labute approximate surface area is 186 Å². The van der Waals surface area contributed by atoms with Crippen molar-refractivity contribution in [2.24, 2.45) is 5.92 Å². The number of carbonyl (C=O) groups is 2. The molecule has 0 spiro atoms. The van der Waals surface area contributed by atoms with Crippen LogP contribution in [0.3, 0.4) is 0 Å². The number of carbonyl (C=O) groups excluding carboxylic acids is 2. The van der Waals surface area contributed by atoms with Gasteiger partial charge in [0.05, 0.1) is 17.1 Å². The van der Waals surface area contributed by atoms with Crippen molar-refractivity contribution in [3.05, 3.63) is 90.3 Å². The summed E-state index contributed by atoms with van der Waals surface area (Å²) in [7, 11) is 0. The average molecular weight is 428 g/mol. The molecule has 1 aromatic heterocycles. The number of hydrogen-bond acceptors (Lipinski definition) is 3. The van der Waals surface area contributed by atoms with Crippen molar-refractivity contribution in [1.29, 1.82) is 0 Å². The van der Waals surface area contributed by atoms with Crippen LogP contribution >= 0.6 is 0 Å². The summed E-state index contributed by atoms with van der Waals surface area (Å²) in [5.74, 6) is 0.664. The summed E-state index contributed by atoms with van der Waals surface area (Å²) in [6.45, 7) is 4.08. The number of aromatic amines is 1. The predicted molar refractivity (Wildman–Crippen MR) is 127 cm³/mol. The molecular formula is C25H25N5O2. The summed E-state index contributed by atoms with van der Waals surface area (Å²) in [5, 5.41) is 8.59. The molecule has 3 aromatic carbocycles. The van der Waals surface area contributed by atoms with E-state index in [9.17, 15) is 9.59 Å². The minimum atomic E-state index is -0.349. The standard InChI is InChI=1S/C25H25N5O2/c1-16(2)22(23-28-20-10-6-7-11-21(20)29-23)30-24(31)17-12-14-19(15-13-17)27-25(32)26-18-8-4-3-5-9-18/h3-16,22H,1-2H3,(H,28,29)(H,30,31)(H2,26,27,32). The number of nitrogens with zero attached hydrogens (tertiary/aromatic N) is 1. The van der Waals surface area contributed by atoms with E-state index in [0.717, 1.165) is 16.9 Å². The number of benzene rings is 3. The highest BCUT2D eigenvalue weighted by molar-refractivity contribution is 6.00. The van der Waals surface area contributed by atoms with E-state index in [1.54, 1.807) is 36.4 Å². The van der Waals surface area contributed by atoms with Crippen molar-refractivity contribution in [2.75, 3.05) is 10.6 Å². The number of fused-ring (bicyclic) bond motifs is 1. The fourth-order valence-corrected chi connectivity index (χ4v) is 3.42. The van der Waals surface area contributed by atoms with Gasteiger partial charge in [0, 0.05) is 16.9 Å². The molecular weight excluding hydrogens is 402 g/mol. The zero-order valence-electron chi connectivity index (χ0n) is 17.9. The fraction of sp³-hybridized carbons (Fsp3) is 0.160. The first-order valence-corrected chi connectivity index (χ1v) is 10.5. The number of nitrogens with one attached hydrogen (secondary N) is 4. The Morgan fingerprint density at radius 2 is 1.44 bits per heavy atom. The van der Waals surface area contributed by atoms with Crippen LogP contribution in [0.2, 0.25) is 0 Å². The summed E-state index contributed by atoms with van der Waals surface area (Å²) in [6, 6.07) is 23.1. The second-order valence-electron chi connectivity index (χ2n) is 7.86.